The van der Waals surface area contributed by atoms with Gasteiger partial charge >= 0.3 is 0 Å². The molecule has 2 rings (SSSR count). The summed E-state index contributed by atoms with van der Waals surface area (Å²) in [5, 5.41) is 12.4. The van der Waals surface area contributed by atoms with Crippen molar-refractivity contribution >= 4 is 6.21 Å². The van der Waals surface area contributed by atoms with Crippen LogP contribution in [0.1, 0.15) is 116 Å². The molecule has 25 heavy (non-hydrogen) atoms. The van der Waals surface area contributed by atoms with Crippen LogP contribution < -0.4 is 5.73 Å². The first-order chi connectivity index (χ1) is 12.3. The summed E-state index contributed by atoms with van der Waals surface area (Å²) in [5.41, 5.74) is 6.61. The summed E-state index contributed by atoms with van der Waals surface area (Å²) < 4.78 is 0. The van der Waals surface area contributed by atoms with Crippen molar-refractivity contribution in [1.29, 1.82) is 0 Å². The maximum Gasteiger partial charge on any atom is 0.0497 e. The molecule has 1 atom stereocenters. The van der Waals surface area contributed by atoms with E-state index in [0.717, 1.165) is 5.92 Å². The molecule has 0 radical (unpaired) electrons. The summed E-state index contributed by atoms with van der Waals surface area (Å²) in [7, 11) is 0. The Kier molecular flexibility index (Phi) is 9.90. The molecule has 3 N–H and O–H groups in total. The van der Waals surface area contributed by atoms with E-state index < -0.39 is 0 Å². The van der Waals surface area contributed by atoms with Crippen LogP contribution in [0.4, 0.5) is 0 Å². The van der Waals surface area contributed by atoms with E-state index in [-0.39, 0.29) is 5.41 Å². The van der Waals surface area contributed by atoms with Crippen molar-refractivity contribution in [2.75, 3.05) is 0 Å². The molecule has 146 valence electrons. The van der Waals surface area contributed by atoms with Crippen LogP contribution in [0, 0.1) is 11.3 Å². The Bertz CT molecular complexity index is 357. The quantitative estimate of drug-likeness (QED) is 0.195. The van der Waals surface area contributed by atoms with E-state index in [0.29, 0.717) is 6.04 Å². The third kappa shape index (κ3) is 7.68. The third-order valence-electron chi connectivity index (χ3n) is 6.90. The molecule has 0 heterocycles. The minimum absolute atomic E-state index is 0.208. The second kappa shape index (κ2) is 11.9. The fourth-order valence-electron chi connectivity index (χ4n) is 5.18. The topological polar surface area (TPSA) is 58.6 Å². The highest BCUT2D eigenvalue weighted by molar-refractivity contribution is 5.65. The van der Waals surface area contributed by atoms with Gasteiger partial charge in [-0.3, -0.25) is 0 Å². The lowest BCUT2D eigenvalue weighted by Crippen LogP contribution is -2.31. The molecular weight excluding hydrogens is 308 g/mol. The summed E-state index contributed by atoms with van der Waals surface area (Å²) in [6, 6.07) is 0.462. The van der Waals surface area contributed by atoms with Crippen molar-refractivity contribution in [2.45, 2.75) is 122 Å². The highest BCUT2D eigenvalue weighted by Crippen LogP contribution is 2.39. The van der Waals surface area contributed by atoms with Crippen molar-refractivity contribution < 1.29 is 5.21 Å². The number of hydrogen-bond acceptors (Lipinski definition) is 3. The minimum Gasteiger partial charge on any atom is -0.411 e. The fourth-order valence-corrected chi connectivity index (χ4v) is 5.18. The molecule has 3 nitrogen and oxygen atoms in total. The van der Waals surface area contributed by atoms with Crippen molar-refractivity contribution in [3.8, 4) is 0 Å². The number of oxime groups is 1. The van der Waals surface area contributed by atoms with Gasteiger partial charge in [-0.25, -0.2) is 0 Å². The molecule has 2 aliphatic carbocycles. The monoisotopic (exact) mass is 350 g/mol. The predicted octanol–water partition coefficient (Wildman–Crippen LogP) is 6.43. The Hall–Kier alpha value is -0.570. The largest absolute Gasteiger partial charge is 0.411 e. The van der Waals surface area contributed by atoms with Gasteiger partial charge in [0.25, 0.3) is 0 Å². The zero-order chi connectivity index (χ0) is 17.8. The minimum atomic E-state index is 0.208. The standard InChI is InChI=1S/C22H42N2O/c23-21(20-13-7-5-8-14-20)15-9-3-1-2-4-10-16-22(19-24-25)17-11-6-12-18-22/h19-21,25H,1-18,23H2/b24-19+. The van der Waals surface area contributed by atoms with Gasteiger partial charge in [-0.2, -0.15) is 0 Å². The molecule has 1 unspecified atom stereocenters. The van der Waals surface area contributed by atoms with Gasteiger partial charge in [0.05, 0.1) is 0 Å². The molecule has 0 aromatic heterocycles. The second-order valence-electron chi connectivity index (χ2n) is 8.89. The van der Waals surface area contributed by atoms with E-state index in [9.17, 15) is 0 Å². The molecule has 0 spiro atoms. The van der Waals surface area contributed by atoms with E-state index in [1.807, 2.05) is 6.21 Å². The first-order valence-electron chi connectivity index (χ1n) is 11.2. The van der Waals surface area contributed by atoms with Crippen LogP contribution in [0.25, 0.3) is 0 Å². The van der Waals surface area contributed by atoms with Gasteiger partial charge in [-0.1, -0.05) is 77.0 Å². The maximum absolute atomic E-state index is 8.98. The lowest BCUT2D eigenvalue weighted by atomic mass is 9.72. The lowest BCUT2D eigenvalue weighted by molar-refractivity contribution is 0.247. The van der Waals surface area contributed by atoms with E-state index in [4.69, 9.17) is 10.9 Å². The smallest absolute Gasteiger partial charge is 0.0497 e. The van der Waals surface area contributed by atoms with Crippen molar-refractivity contribution in [3.63, 3.8) is 0 Å². The Balaban J connectivity index is 1.47. The van der Waals surface area contributed by atoms with Crippen molar-refractivity contribution in [2.24, 2.45) is 22.2 Å². The molecular formula is C22H42N2O. The summed E-state index contributed by atoms with van der Waals surface area (Å²) >= 11 is 0. The summed E-state index contributed by atoms with van der Waals surface area (Å²) in [6.45, 7) is 0. The van der Waals surface area contributed by atoms with Crippen LogP contribution in [-0.2, 0) is 0 Å². The Morgan fingerprint density at radius 2 is 1.48 bits per heavy atom. The van der Waals surface area contributed by atoms with Gasteiger partial charge in [-0.05, 0) is 44.4 Å². The molecule has 0 saturated heterocycles. The summed E-state index contributed by atoms with van der Waals surface area (Å²) in [6.07, 6.45) is 25.7. The second-order valence-corrected chi connectivity index (χ2v) is 8.89. The summed E-state index contributed by atoms with van der Waals surface area (Å²) in [4.78, 5) is 0. The number of nitrogens with zero attached hydrogens (tertiary/aromatic N) is 1. The number of rotatable bonds is 11. The molecule has 2 fully saturated rings. The van der Waals surface area contributed by atoms with E-state index in [1.54, 1.807) is 0 Å². The van der Waals surface area contributed by atoms with Crippen LogP contribution in [0.5, 0.6) is 0 Å². The van der Waals surface area contributed by atoms with Crippen LogP contribution in [0.2, 0.25) is 0 Å². The van der Waals surface area contributed by atoms with Crippen molar-refractivity contribution in [1.82, 2.24) is 0 Å². The summed E-state index contributed by atoms with van der Waals surface area (Å²) in [5.74, 6) is 0.814. The van der Waals surface area contributed by atoms with E-state index >= 15 is 0 Å². The van der Waals surface area contributed by atoms with Gasteiger partial charge in [0.1, 0.15) is 0 Å². The fraction of sp³-hybridized carbons (Fsp3) is 0.955. The van der Waals surface area contributed by atoms with Crippen molar-refractivity contribution in [3.05, 3.63) is 0 Å². The highest BCUT2D eigenvalue weighted by Gasteiger charge is 2.29. The zero-order valence-electron chi connectivity index (χ0n) is 16.4. The van der Waals surface area contributed by atoms with Gasteiger partial charge < -0.3 is 10.9 Å². The van der Waals surface area contributed by atoms with Crippen LogP contribution >= 0.6 is 0 Å². The number of unbranched alkanes of at least 4 members (excludes halogenated alkanes) is 5. The third-order valence-corrected chi connectivity index (χ3v) is 6.90. The number of hydrogen-bond donors (Lipinski definition) is 2. The van der Waals surface area contributed by atoms with Crippen LogP contribution in [0.15, 0.2) is 5.16 Å². The lowest BCUT2D eigenvalue weighted by Gasteiger charge is -2.33. The molecule has 2 saturated carbocycles. The number of nitrogens with two attached hydrogens (primary N) is 1. The zero-order valence-corrected chi connectivity index (χ0v) is 16.4. The Morgan fingerprint density at radius 1 is 0.880 bits per heavy atom. The highest BCUT2D eigenvalue weighted by atomic mass is 16.4. The van der Waals surface area contributed by atoms with Crippen LogP contribution in [-0.4, -0.2) is 17.5 Å². The molecule has 0 aromatic rings. The molecule has 0 aliphatic heterocycles. The Morgan fingerprint density at radius 3 is 2.16 bits per heavy atom. The van der Waals surface area contributed by atoms with Gasteiger partial charge in [-0.15, -0.1) is 5.16 Å². The van der Waals surface area contributed by atoms with E-state index in [2.05, 4.69) is 5.16 Å². The first kappa shape index (κ1) is 20.7. The average Bonchev–Trinajstić information content (AvgIpc) is 2.65. The Labute approximate surface area is 155 Å². The average molecular weight is 351 g/mol. The molecule has 0 aromatic carbocycles. The van der Waals surface area contributed by atoms with E-state index in [1.165, 1.54) is 116 Å². The van der Waals surface area contributed by atoms with Gasteiger partial charge in [0.2, 0.25) is 0 Å². The molecule has 2 aliphatic rings. The van der Waals surface area contributed by atoms with Crippen LogP contribution in [0.3, 0.4) is 0 Å². The predicted molar refractivity (Wildman–Crippen MR) is 107 cm³/mol. The first-order valence-corrected chi connectivity index (χ1v) is 11.2. The van der Waals surface area contributed by atoms with Gasteiger partial charge in [0, 0.05) is 17.7 Å². The maximum atomic E-state index is 8.98. The normalized spacial score (nSPS) is 23.1. The molecule has 0 bridgehead atoms. The van der Waals surface area contributed by atoms with Gasteiger partial charge in [0.15, 0.2) is 0 Å². The molecule has 0 amide bonds. The molecule has 3 heteroatoms. The SMILES string of the molecule is NC(CCCCCCCCC1(/C=N/O)CCCCC1)C1CCCCC1.